The predicted molar refractivity (Wildman–Crippen MR) is 128 cm³/mol. The van der Waals surface area contributed by atoms with E-state index in [2.05, 4.69) is 29.4 Å². The van der Waals surface area contributed by atoms with Crippen molar-refractivity contribution in [2.24, 2.45) is 15.9 Å². The smallest absolute Gasteiger partial charge is 0.246 e. The Kier molecular flexibility index (Phi) is 5.80. The lowest BCUT2D eigenvalue weighted by molar-refractivity contribution is -0.135. The van der Waals surface area contributed by atoms with E-state index in [0.29, 0.717) is 0 Å². The van der Waals surface area contributed by atoms with Gasteiger partial charge in [-0.3, -0.25) is 4.79 Å². The standard InChI is InChI=1S/C26H32N4O2/c1-17(2)32-19-12-10-18(11-13-19)16-27-30-24(31)26(5)15-14-20(25(26,3)4)23-28-21-8-6-7-9-22(21)29-23/h6-13,16-17,20H,14-15H2,1-5H3,(H,28,29)(H,30,31)/b27-16+. The van der Waals surface area contributed by atoms with Gasteiger partial charge in [-0.15, -0.1) is 0 Å². The molecule has 1 amide bonds. The number of hydrazone groups is 1. The topological polar surface area (TPSA) is 79.4 Å². The molecule has 1 aliphatic rings. The zero-order valence-electron chi connectivity index (χ0n) is 19.5. The third kappa shape index (κ3) is 4.01. The first-order valence-corrected chi connectivity index (χ1v) is 11.3. The van der Waals surface area contributed by atoms with Crippen LogP contribution >= 0.6 is 0 Å². The molecule has 0 aliphatic heterocycles. The van der Waals surface area contributed by atoms with Crippen LogP contribution in [0.2, 0.25) is 0 Å². The molecule has 1 saturated carbocycles. The summed E-state index contributed by atoms with van der Waals surface area (Å²) in [6, 6.07) is 15.7. The van der Waals surface area contributed by atoms with Gasteiger partial charge in [-0.1, -0.05) is 32.9 Å². The minimum absolute atomic E-state index is 0.0582. The summed E-state index contributed by atoms with van der Waals surface area (Å²) >= 11 is 0. The summed E-state index contributed by atoms with van der Waals surface area (Å²) in [4.78, 5) is 21.5. The Bertz CT molecular complexity index is 1100. The number of amides is 1. The number of para-hydroxylation sites is 2. The molecule has 6 heteroatoms. The van der Waals surface area contributed by atoms with E-state index in [1.807, 2.05) is 69.3 Å². The Morgan fingerprint density at radius 3 is 2.59 bits per heavy atom. The van der Waals surface area contributed by atoms with Crippen LogP contribution in [-0.4, -0.2) is 28.2 Å². The van der Waals surface area contributed by atoms with Gasteiger partial charge < -0.3 is 9.72 Å². The van der Waals surface area contributed by atoms with Crippen molar-refractivity contribution >= 4 is 23.2 Å². The summed E-state index contributed by atoms with van der Waals surface area (Å²) < 4.78 is 5.66. The van der Waals surface area contributed by atoms with Crippen LogP contribution in [0.25, 0.3) is 11.0 Å². The number of hydrogen-bond acceptors (Lipinski definition) is 4. The number of aromatic nitrogens is 2. The van der Waals surface area contributed by atoms with Crippen molar-refractivity contribution in [3.05, 3.63) is 59.9 Å². The fraction of sp³-hybridized carbons (Fsp3) is 0.423. The molecule has 2 atom stereocenters. The SMILES string of the molecule is CC(C)Oc1ccc(/C=N/NC(=O)C2(C)CCC(c3nc4ccccc4[nH]3)C2(C)C)cc1. The van der Waals surface area contributed by atoms with Crippen molar-refractivity contribution in [3.63, 3.8) is 0 Å². The molecule has 0 saturated heterocycles. The van der Waals surface area contributed by atoms with Crippen LogP contribution in [0.5, 0.6) is 5.75 Å². The van der Waals surface area contributed by atoms with Crippen molar-refractivity contribution in [1.29, 1.82) is 0 Å². The molecular weight excluding hydrogens is 400 g/mol. The fourth-order valence-corrected chi connectivity index (χ4v) is 4.72. The number of ether oxygens (including phenoxy) is 1. The second-order valence-electron chi connectivity index (χ2n) is 9.72. The van der Waals surface area contributed by atoms with Gasteiger partial charge in [-0.25, -0.2) is 10.4 Å². The molecule has 2 unspecified atom stereocenters. The van der Waals surface area contributed by atoms with Crippen LogP contribution in [0.4, 0.5) is 0 Å². The fourth-order valence-electron chi connectivity index (χ4n) is 4.72. The molecular formula is C26H32N4O2. The first-order chi connectivity index (χ1) is 15.2. The maximum Gasteiger partial charge on any atom is 0.246 e. The third-order valence-electron chi connectivity index (χ3n) is 7.10. The average molecular weight is 433 g/mol. The summed E-state index contributed by atoms with van der Waals surface area (Å²) in [6.45, 7) is 10.4. The Morgan fingerprint density at radius 1 is 1.19 bits per heavy atom. The zero-order valence-corrected chi connectivity index (χ0v) is 19.5. The van der Waals surface area contributed by atoms with E-state index in [9.17, 15) is 4.79 Å². The molecule has 2 aromatic carbocycles. The van der Waals surface area contributed by atoms with Gasteiger partial charge >= 0.3 is 0 Å². The molecule has 2 N–H and O–H groups in total. The van der Waals surface area contributed by atoms with E-state index in [0.717, 1.165) is 41.0 Å². The van der Waals surface area contributed by atoms with Crippen molar-refractivity contribution in [1.82, 2.24) is 15.4 Å². The molecule has 6 nitrogen and oxygen atoms in total. The summed E-state index contributed by atoms with van der Waals surface area (Å²) in [5, 5.41) is 4.23. The van der Waals surface area contributed by atoms with Crippen LogP contribution in [0, 0.1) is 10.8 Å². The Labute approximate surface area is 189 Å². The monoisotopic (exact) mass is 432 g/mol. The van der Waals surface area contributed by atoms with Crippen LogP contribution in [0.1, 0.15) is 64.8 Å². The number of aromatic amines is 1. The Hall–Kier alpha value is -3.15. The molecule has 32 heavy (non-hydrogen) atoms. The molecule has 0 spiro atoms. The van der Waals surface area contributed by atoms with E-state index >= 15 is 0 Å². The predicted octanol–water partition coefficient (Wildman–Crippen LogP) is 5.41. The first kappa shape index (κ1) is 22.1. The number of fused-ring (bicyclic) bond motifs is 1. The van der Waals surface area contributed by atoms with Crippen LogP contribution in [-0.2, 0) is 4.79 Å². The lowest BCUT2D eigenvalue weighted by Gasteiger charge is -2.39. The molecule has 3 aromatic rings. The van der Waals surface area contributed by atoms with Gasteiger partial charge in [-0.05, 0) is 74.1 Å². The van der Waals surface area contributed by atoms with Crippen molar-refractivity contribution < 1.29 is 9.53 Å². The minimum Gasteiger partial charge on any atom is -0.491 e. The maximum absolute atomic E-state index is 13.2. The maximum atomic E-state index is 13.2. The third-order valence-corrected chi connectivity index (χ3v) is 7.10. The highest BCUT2D eigenvalue weighted by Crippen LogP contribution is 2.59. The van der Waals surface area contributed by atoms with Gasteiger partial charge in [-0.2, -0.15) is 5.10 Å². The van der Waals surface area contributed by atoms with Crippen molar-refractivity contribution in [2.45, 2.75) is 59.5 Å². The number of carbonyl (C=O) groups is 1. The molecule has 1 aliphatic carbocycles. The van der Waals surface area contributed by atoms with E-state index < -0.39 is 5.41 Å². The number of hydrogen-bond donors (Lipinski definition) is 2. The summed E-state index contributed by atoms with van der Waals surface area (Å²) in [5.74, 6) is 1.89. The number of carbonyl (C=O) groups excluding carboxylic acids is 1. The van der Waals surface area contributed by atoms with Crippen LogP contribution in [0.3, 0.4) is 0 Å². The van der Waals surface area contributed by atoms with E-state index in [1.54, 1.807) is 6.21 Å². The van der Waals surface area contributed by atoms with Gasteiger partial charge in [0.25, 0.3) is 0 Å². The van der Waals surface area contributed by atoms with E-state index in [-0.39, 0.29) is 23.3 Å². The van der Waals surface area contributed by atoms with Gasteiger partial charge in [0.1, 0.15) is 11.6 Å². The zero-order chi connectivity index (χ0) is 22.9. The second-order valence-corrected chi connectivity index (χ2v) is 9.72. The Balaban J connectivity index is 1.45. The number of H-pyrrole nitrogens is 1. The van der Waals surface area contributed by atoms with E-state index in [1.165, 1.54) is 0 Å². The minimum atomic E-state index is -0.553. The number of imidazole rings is 1. The number of nitrogens with one attached hydrogen (secondary N) is 2. The van der Waals surface area contributed by atoms with Crippen LogP contribution in [0.15, 0.2) is 53.6 Å². The molecule has 0 bridgehead atoms. The van der Waals surface area contributed by atoms with Crippen molar-refractivity contribution in [2.75, 3.05) is 0 Å². The molecule has 0 radical (unpaired) electrons. The molecule has 4 rings (SSSR count). The number of benzene rings is 2. The summed E-state index contributed by atoms with van der Waals surface area (Å²) in [7, 11) is 0. The lowest BCUT2D eigenvalue weighted by atomic mass is 9.65. The highest BCUT2D eigenvalue weighted by Gasteiger charge is 2.57. The largest absolute Gasteiger partial charge is 0.491 e. The van der Waals surface area contributed by atoms with Gasteiger partial charge in [0, 0.05) is 5.92 Å². The van der Waals surface area contributed by atoms with Crippen molar-refractivity contribution in [3.8, 4) is 5.75 Å². The quantitative estimate of drug-likeness (QED) is 0.404. The van der Waals surface area contributed by atoms with Gasteiger partial charge in [0.2, 0.25) is 5.91 Å². The Morgan fingerprint density at radius 2 is 1.91 bits per heavy atom. The molecule has 1 heterocycles. The normalized spacial score (nSPS) is 22.6. The highest BCUT2D eigenvalue weighted by atomic mass is 16.5. The molecule has 1 fully saturated rings. The van der Waals surface area contributed by atoms with E-state index in [4.69, 9.17) is 9.72 Å². The first-order valence-electron chi connectivity index (χ1n) is 11.3. The summed E-state index contributed by atoms with van der Waals surface area (Å²) in [6.07, 6.45) is 3.48. The van der Waals surface area contributed by atoms with Crippen LogP contribution < -0.4 is 10.2 Å². The number of rotatable bonds is 6. The number of nitrogens with zero attached hydrogens (tertiary/aromatic N) is 2. The average Bonchev–Trinajstić information content (AvgIpc) is 3.27. The van der Waals surface area contributed by atoms with Gasteiger partial charge in [0.15, 0.2) is 0 Å². The molecule has 168 valence electrons. The molecule has 1 aromatic heterocycles. The second kappa shape index (κ2) is 8.41. The summed E-state index contributed by atoms with van der Waals surface area (Å²) in [5.41, 5.74) is 4.85. The van der Waals surface area contributed by atoms with Gasteiger partial charge in [0.05, 0.1) is 28.8 Å². The highest BCUT2D eigenvalue weighted by molar-refractivity contribution is 5.86. The lowest BCUT2D eigenvalue weighted by Crippen LogP contribution is -2.45.